The molecule has 0 radical (unpaired) electrons. The fourth-order valence-electron chi connectivity index (χ4n) is 3.94. The Hall–Kier alpha value is -3.37. The van der Waals surface area contributed by atoms with Crippen molar-refractivity contribution in [1.82, 2.24) is 4.90 Å². The molecule has 1 aromatic rings. The predicted molar refractivity (Wildman–Crippen MR) is 132 cm³/mol. The number of benzene rings is 1. The third-order valence-corrected chi connectivity index (χ3v) is 5.85. The van der Waals surface area contributed by atoms with Gasteiger partial charge in [-0.25, -0.2) is 9.69 Å². The molecule has 1 saturated heterocycles. The molecule has 0 unspecified atom stereocenters. The van der Waals surface area contributed by atoms with Crippen molar-refractivity contribution in [3.63, 3.8) is 0 Å². The maximum atomic E-state index is 13.7. The van der Waals surface area contributed by atoms with E-state index in [1.807, 2.05) is 13.8 Å². The quantitative estimate of drug-likeness (QED) is 0.211. The number of aliphatic hydroxyl groups excluding tert-OH is 1. The number of ether oxygens (including phenoxy) is 3. The topological polar surface area (TPSA) is 137 Å². The molecular formula is C27H35NO9. The summed E-state index contributed by atoms with van der Waals surface area (Å²) in [6.07, 6.45) is 0.229. The van der Waals surface area contributed by atoms with E-state index in [9.17, 15) is 24.0 Å². The minimum Gasteiger partial charge on any atom is -0.453 e. The third kappa shape index (κ3) is 9.22. The average molecular weight is 518 g/mol. The number of imide groups is 1. The van der Waals surface area contributed by atoms with E-state index < -0.39 is 41.8 Å². The zero-order valence-corrected chi connectivity index (χ0v) is 21.5. The number of ketones is 2. The Morgan fingerprint density at radius 1 is 1.14 bits per heavy atom. The summed E-state index contributed by atoms with van der Waals surface area (Å²) >= 11 is 0. The van der Waals surface area contributed by atoms with Crippen molar-refractivity contribution in [3.8, 4) is 0 Å². The van der Waals surface area contributed by atoms with Crippen molar-refractivity contribution in [2.24, 2.45) is 11.8 Å². The van der Waals surface area contributed by atoms with Gasteiger partial charge in [-0.15, -0.1) is 0 Å². The van der Waals surface area contributed by atoms with Crippen LogP contribution in [-0.2, 0) is 39.8 Å². The first kappa shape index (κ1) is 29.9. The molecule has 1 aliphatic heterocycles. The van der Waals surface area contributed by atoms with Gasteiger partial charge in [0.25, 0.3) is 0 Å². The fraction of sp³-hybridized carbons (Fsp3) is 0.519. The maximum Gasteiger partial charge on any atom is 0.416 e. The third-order valence-electron chi connectivity index (χ3n) is 5.85. The number of nitrogens with zero attached hydrogens (tertiary/aromatic N) is 1. The van der Waals surface area contributed by atoms with Gasteiger partial charge < -0.3 is 19.3 Å². The van der Waals surface area contributed by atoms with E-state index in [1.165, 1.54) is 0 Å². The summed E-state index contributed by atoms with van der Waals surface area (Å²) in [6, 6.07) is 8.32. The number of amides is 2. The first-order chi connectivity index (χ1) is 17.6. The highest BCUT2D eigenvalue weighted by Gasteiger charge is 2.46. The number of allylic oxidation sites excluding steroid dienone is 1. The Balaban J connectivity index is 2.30. The second-order valence-electron chi connectivity index (χ2n) is 9.06. The Labute approximate surface area is 216 Å². The Morgan fingerprint density at radius 2 is 1.84 bits per heavy atom. The summed E-state index contributed by atoms with van der Waals surface area (Å²) < 4.78 is 15.5. The molecule has 2 rings (SSSR count). The van der Waals surface area contributed by atoms with E-state index >= 15 is 0 Å². The molecule has 2 amide bonds. The molecule has 37 heavy (non-hydrogen) atoms. The van der Waals surface area contributed by atoms with Crippen LogP contribution in [-0.4, -0.2) is 78.1 Å². The lowest BCUT2D eigenvalue weighted by atomic mass is 9.89. The summed E-state index contributed by atoms with van der Waals surface area (Å²) in [7, 11) is 0. The van der Waals surface area contributed by atoms with Gasteiger partial charge in [-0.1, -0.05) is 44.2 Å². The molecule has 1 heterocycles. The maximum absolute atomic E-state index is 13.7. The van der Waals surface area contributed by atoms with Crippen LogP contribution in [0.4, 0.5) is 4.79 Å². The number of aliphatic hydroxyl groups is 1. The number of rotatable bonds is 15. The smallest absolute Gasteiger partial charge is 0.416 e. The van der Waals surface area contributed by atoms with Gasteiger partial charge in [0.05, 0.1) is 25.2 Å². The number of cyclic esters (lactones) is 1. The standard InChI is InChI=1S/C27H35NO9/c1-18(2)23-17-36-27(34)28(23)26(33)22(16-20-8-5-4-6-9-20)25(37-19(3)30)24(32)12-11-21(31)10-7-14-35-15-13-29/h4-6,8-9,11-12,18,22-23,25,29H,7,10,13-17H2,1-3H3/t22-,23-,25+/m1/s1. The Bertz CT molecular complexity index is 973. The fourth-order valence-corrected chi connectivity index (χ4v) is 3.94. The zero-order valence-electron chi connectivity index (χ0n) is 21.5. The van der Waals surface area contributed by atoms with E-state index in [-0.39, 0.29) is 51.0 Å². The van der Waals surface area contributed by atoms with Crippen molar-refractivity contribution >= 4 is 29.5 Å². The van der Waals surface area contributed by atoms with Crippen LogP contribution in [0, 0.1) is 11.8 Å². The number of carbonyl (C=O) groups excluding carboxylic acids is 5. The molecule has 10 heteroatoms. The van der Waals surface area contributed by atoms with Crippen LogP contribution in [0.5, 0.6) is 0 Å². The molecule has 1 N–H and O–H groups in total. The van der Waals surface area contributed by atoms with Gasteiger partial charge in [0.15, 0.2) is 17.7 Å². The van der Waals surface area contributed by atoms with Gasteiger partial charge in [-0.2, -0.15) is 0 Å². The molecular weight excluding hydrogens is 482 g/mol. The van der Waals surface area contributed by atoms with Crippen LogP contribution < -0.4 is 0 Å². The van der Waals surface area contributed by atoms with Crippen LogP contribution in [0.1, 0.15) is 39.2 Å². The van der Waals surface area contributed by atoms with Gasteiger partial charge in [0.1, 0.15) is 6.61 Å². The Kier molecular flexibility index (Phi) is 12.1. The van der Waals surface area contributed by atoms with Gasteiger partial charge >= 0.3 is 12.1 Å². The van der Waals surface area contributed by atoms with E-state index in [0.717, 1.165) is 24.0 Å². The second kappa shape index (κ2) is 15.0. The van der Waals surface area contributed by atoms with Crippen LogP contribution in [0.15, 0.2) is 42.5 Å². The molecule has 1 aromatic carbocycles. The second-order valence-corrected chi connectivity index (χ2v) is 9.06. The molecule has 0 aromatic heterocycles. The van der Waals surface area contributed by atoms with Crippen molar-refractivity contribution in [1.29, 1.82) is 0 Å². The van der Waals surface area contributed by atoms with E-state index in [4.69, 9.17) is 19.3 Å². The lowest BCUT2D eigenvalue weighted by Gasteiger charge is -2.30. The summed E-state index contributed by atoms with van der Waals surface area (Å²) in [5.41, 5.74) is 0.697. The molecule has 0 spiro atoms. The van der Waals surface area contributed by atoms with Crippen LogP contribution >= 0.6 is 0 Å². The highest BCUT2D eigenvalue weighted by molar-refractivity contribution is 6.04. The normalized spacial score (nSPS) is 17.1. The first-order valence-corrected chi connectivity index (χ1v) is 12.3. The van der Waals surface area contributed by atoms with Crippen LogP contribution in [0.25, 0.3) is 0 Å². The van der Waals surface area contributed by atoms with Gasteiger partial charge in [-0.05, 0) is 36.5 Å². The molecule has 1 aliphatic rings. The molecule has 0 bridgehead atoms. The molecule has 0 aliphatic carbocycles. The summed E-state index contributed by atoms with van der Waals surface area (Å²) in [6.45, 7) is 5.17. The van der Waals surface area contributed by atoms with Crippen molar-refractivity contribution in [2.75, 3.05) is 26.4 Å². The lowest BCUT2D eigenvalue weighted by molar-refractivity contribution is -0.159. The minimum absolute atomic E-state index is 0.0158. The van der Waals surface area contributed by atoms with Gasteiger partial charge in [0.2, 0.25) is 5.91 Å². The Morgan fingerprint density at radius 3 is 2.46 bits per heavy atom. The van der Waals surface area contributed by atoms with Crippen molar-refractivity contribution in [3.05, 3.63) is 48.0 Å². The number of carbonyl (C=O) groups is 5. The summed E-state index contributed by atoms with van der Waals surface area (Å²) in [4.78, 5) is 64.6. The molecule has 1 fully saturated rings. The van der Waals surface area contributed by atoms with E-state index in [0.29, 0.717) is 12.0 Å². The minimum atomic E-state index is -1.55. The van der Waals surface area contributed by atoms with Crippen LogP contribution in [0.3, 0.4) is 0 Å². The molecule has 3 atom stereocenters. The zero-order chi connectivity index (χ0) is 27.4. The number of esters is 1. The monoisotopic (exact) mass is 517 g/mol. The lowest BCUT2D eigenvalue weighted by Crippen LogP contribution is -2.50. The van der Waals surface area contributed by atoms with Gasteiger partial charge in [0, 0.05) is 20.0 Å². The molecule has 202 valence electrons. The number of hydrogen-bond acceptors (Lipinski definition) is 9. The van der Waals surface area contributed by atoms with E-state index in [1.54, 1.807) is 30.3 Å². The van der Waals surface area contributed by atoms with E-state index in [2.05, 4.69) is 0 Å². The largest absolute Gasteiger partial charge is 0.453 e. The SMILES string of the molecule is CC(=O)O[C@H](C(=O)C=CC(=O)CCCOCCO)[C@@H](Cc1ccccc1)C(=O)N1C(=O)OC[C@@H]1C(C)C. The first-order valence-electron chi connectivity index (χ1n) is 12.3. The van der Waals surface area contributed by atoms with Crippen molar-refractivity contribution in [2.45, 2.75) is 52.2 Å². The van der Waals surface area contributed by atoms with Crippen LogP contribution in [0.2, 0.25) is 0 Å². The highest BCUT2D eigenvalue weighted by Crippen LogP contribution is 2.27. The number of hydrogen-bond donors (Lipinski definition) is 1. The summed E-state index contributed by atoms with van der Waals surface area (Å²) in [5.74, 6) is -3.90. The molecule has 10 nitrogen and oxygen atoms in total. The highest BCUT2D eigenvalue weighted by atomic mass is 16.6. The van der Waals surface area contributed by atoms with Gasteiger partial charge in [-0.3, -0.25) is 19.2 Å². The summed E-state index contributed by atoms with van der Waals surface area (Å²) in [5, 5.41) is 8.71. The van der Waals surface area contributed by atoms with Crippen molar-refractivity contribution < 1.29 is 43.3 Å². The average Bonchev–Trinajstić information content (AvgIpc) is 3.26. The molecule has 0 saturated carbocycles. The predicted octanol–water partition coefficient (Wildman–Crippen LogP) is 2.26.